The molecule has 0 radical (unpaired) electrons. The minimum absolute atomic E-state index is 0.0266. The number of anilines is 1. The van der Waals surface area contributed by atoms with Crippen LogP contribution in [0.5, 0.6) is 11.5 Å². The number of hydrogen-bond donors (Lipinski definition) is 2. The number of rotatable bonds is 4. The Kier molecular flexibility index (Phi) is 4.60. The van der Waals surface area contributed by atoms with E-state index in [1.165, 1.54) is 30.6 Å². The maximum absolute atomic E-state index is 13.1. The van der Waals surface area contributed by atoms with Gasteiger partial charge in [0.25, 0.3) is 0 Å². The van der Waals surface area contributed by atoms with Gasteiger partial charge < -0.3 is 15.2 Å². The number of nitrogens with one attached hydrogen (secondary N) is 1. The van der Waals surface area contributed by atoms with Gasteiger partial charge in [-0.2, -0.15) is 0 Å². The molecule has 3 aromatic rings. The van der Waals surface area contributed by atoms with Crippen LogP contribution in [0.25, 0.3) is 0 Å². The van der Waals surface area contributed by atoms with Gasteiger partial charge in [-0.05, 0) is 29.8 Å². The third-order valence-corrected chi connectivity index (χ3v) is 7.74. The number of phenols is 1. The Hall–Kier alpha value is -2.84. The molecule has 6 nitrogen and oxygen atoms in total. The van der Waals surface area contributed by atoms with Crippen molar-refractivity contribution in [2.45, 2.75) is 22.1 Å². The molecule has 1 aliphatic heterocycles. The molecule has 2 N–H and O–H groups in total. The maximum Gasteiger partial charge on any atom is 0.225 e. The predicted octanol–water partition coefficient (Wildman–Crippen LogP) is 3.77. The van der Waals surface area contributed by atoms with Crippen molar-refractivity contribution in [3.05, 3.63) is 64.4 Å². The molecule has 2 aromatic carbocycles. The topological polar surface area (TPSA) is 92.7 Å². The molecule has 1 aromatic heterocycles. The molecule has 0 saturated heterocycles. The summed E-state index contributed by atoms with van der Waals surface area (Å²) in [5.41, 5.74) is 1.05. The first kappa shape index (κ1) is 18.5. The Morgan fingerprint density at radius 3 is 2.61 bits per heavy atom. The summed E-state index contributed by atoms with van der Waals surface area (Å²) in [5, 5.41) is 14.4. The Morgan fingerprint density at radius 1 is 1.18 bits per heavy atom. The van der Waals surface area contributed by atoms with Gasteiger partial charge in [0.05, 0.1) is 17.7 Å². The van der Waals surface area contributed by atoms with E-state index in [2.05, 4.69) is 5.32 Å². The van der Waals surface area contributed by atoms with E-state index in [1.807, 2.05) is 0 Å². The lowest BCUT2D eigenvalue weighted by Gasteiger charge is -2.24. The minimum Gasteiger partial charge on any atom is -0.504 e. The number of fused-ring (bicyclic) bond motifs is 1. The predicted molar refractivity (Wildman–Crippen MR) is 106 cm³/mol. The second kappa shape index (κ2) is 6.96. The highest BCUT2D eigenvalue weighted by atomic mass is 32.2. The first-order valence-electron chi connectivity index (χ1n) is 8.50. The number of phenolic OH excluding ortho intramolecular Hbond substituents is 1. The number of hydrogen-bond acceptors (Lipinski definition) is 6. The van der Waals surface area contributed by atoms with E-state index in [9.17, 15) is 18.3 Å². The molecule has 144 valence electrons. The third kappa shape index (κ3) is 3.04. The van der Waals surface area contributed by atoms with Gasteiger partial charge in [0.15, 0.2) is 11.5 Å². The van der Waals surface area contributed by atoms with Crippen LogP contribution in [0.3, 0.4) is 0 Å². The van der Waals surface area contributed by atoms with Crippen LogP contribution in [0.4, 0.5) is 5.69 Å². The fourth-order valence-electron chi connectivity index (χ4n) is 3.32. The van der Waals surface area contributed by atoms with Crippen LogP contribution >= 0.6 is 11.3 Å². The molecule has 0 aliphatic carbocycles. The Balaban J connectivity index is 1.82. The number of carbonyl (C=O) groups is 1. The van der Waals surface area contributed by atoms with Crippen molar-refractivity contribution in [2.24, 2.45) is 0 Å². The van der Waals surface area contributed by atoms with Crippen LogP contribution in [0, 0.1) is 0 Å². The average Bonchev–Trinajstić information content (AvgIpc) is 3.12. The molecule has 0 unspecified atom stereocenters. The van der Waals surface area contributed by atoms with E-state index >= 15 is 0 Å². The minimum atomic E-state index is -3.76. The molecule has 1 amide bonds. The fourth-order valence-corrected chi connectivity index (χ4v) is 6.25. The van der Waals surface area contributed by atoms with E-state index in [-0.39, 0.29) is 33.8 Å². The van der Waals surface area contributed by atoms with Gasteiger partial charge in [0.1, 0.15) is 4.90 Å². The van der Waals surface area contributed by atoms with Crippen molar-refractivity contribution in [1.29, 1.82) is 0 Å². The van der Waals surface area contributed by atoms with Crippen molar-refractivity contribution in [3.63, 3.8) is 0 Å². The molecular formula is C20H17NO5S2. The van der Waals surface area contributed by atoms with E-state index in [1.54, 1.807) is 41.8 Å². The summed E-state index contributed by atoms with van der Waals surface area (Å²) in [4.78, 5) is 13.4. The lowest BCUT2D eigenvalue weighted by molar-refractivity contribution is -0.116. The zero-order chi connectivity index (χ0) is 19.9. The molecule has 0 spiro atoms. The van der Waals surface area contributed by atoms with E-state index < -0.39 is 9.84 Å². The quantitative estimate of drug-likeness (QED) is 0.677. The number of benzene rings is 2. The highest BCUT2D eigenvalue weighted by molar-refractivity contribution is 7.91. The molecule has 0 fully saturated rings. The first-order chi connectivity index (χ1) is 13.4. The van der Waals surface area contributed by atoms with Crippen LogP contribution in [-0.2, 0) is 14.6 Å². The highest BCUT2D eigenvalue weighted by Gasteiger charge is 2.34. The lowest BCUT2D eigenvalue weighted by atomic mass is 9.90. The fraction of sp³-hybridized carbons (Fsp3) is 0.150. The average molecular weight is 415 g/mol. The van der Waals surface area contributed by atoms with Gasteiger partial charge in [-0.25, -0.2) is 8.42 Å². The molecule has 0 saturated carbocycles. The molecular weight excluding hydrogens is 398 g/mol. The van der Waals surface area contributed by atoms with Crippen molar-refractivity contribution in [1.82, 2.24) is 0 Å². The molecule has 4 rings (SSSR count). The molecule has 8 heteroatoms. The van der Waals surface area contributed by atoms with Crippen molar-refractivity contribution >= 4 is 32.8 Å². The number of amides is 1. The largest absolute Gasteiger partial charge is 0.504 e. The number of thiophene rings is 1. The lowest BCUT2D eigenvalue weighted by Crippen LogP contribution is -2.23. The van der Waals surface area contributed by atoms with Crippen LogP contribution in [0.2, 0.25) is 0 Å². The smallest absolute Gasteiger partial charge is 0.225 e. The summed E-state index contributed by atoms with van der Waals surface area (Å²) in [6, 6.07) is 13.1. The SMILES string of the molecule is COc1ccc([C@H]2CC(=O)Nc3c(S(=O)(=O)c4ccccc4)csc32)cc1O. The summed E-state index contributed by atoms with van der Waals surface area (Å²) in [7, 11) is -2.30. The first-order valence-corrected chi connectivity index (χ1v) is 10.9. The number of aromatic hydroxyl groups is 1. The number of methoxy groups -OCH3 is 1. The summed E-state index contributed by atoms with van der Waals surface area (Å²) in [5.74, 6) is -0.301. The number of ether oxygens (including phenoxy) is 1. The zero-order valence-corrected chi connectivity index (χ0v) is 16.5. The van der Waals surface area contributed by atoms with Gasteiger partial charge in [-0.1, -0.05) is 24.3 Å². The summed E-state index contributed by atoms with van der Waals surface area (Å²) in [6.07, 6.45) is 0.171. The molecule has 1 aliphatic rings. The Bertz CT molecular complexity index is 1150. The van der Waals surface area contributed by atoms with E-state index in [0.717, 1.165) is 10.4 Å². The second-order valence-electron chi connectivity index (χ2n) is 6.39. The summed E-state index contributed by atoms with van der Waals surface area (Å²) >= 11 is 1.29. The van der Waals surface area contributed by atoms with Gasteiger partial charge in [-0.15, -0.1) is 11.3 Å². The van der Waals surface area contributed by atoms with E-state index in [0.29, 0.717) is 11.4 Å². The van der Waals surface area contributed by atoms with Crippen LogP contribution in [-0.4, -0.2) is 26.5 Å². The highest BCUT2D eigenvalue weighted by Crippen LogP contribution is 2.46. The number of carbonyl (C=O) groups excluding carboxylic acids is 1. The maximum atomic E-state index is 13.1. The standard InChI is InChI=1S/C20H17NO5S2/c1-26-16-8-7-12(9-15(16)22)14-10-18(23)21-19-17(11-27-20(14)19)28(24,25)13-5-3-2-4-6-13/h2-9,11,14,22H,10H2,1H3,(H,21,23)/t14-/m1/s1. The van der Waals surface area contributed by atoms with Crippen LogP contribution in [0.15, 0.2) is 63.7 Å². The van der Waals surface area contributed by atoms with Crippen LogP contribution in [0.1, 0.15) is 22.8 Å². The molecule has 1 atom stereocenters. The molecule has 0 bridgehead atoms. The van der Waals surface area contributed by atoms with Crippen LogP contribution < -0.4 is 10.1 Å². The van der Waals surface area contributed by atoms with E-state index in [4.69, 9.17) is 4.74 Å². The summed E-state index contributed by atoms with van der Waals surface area (Å²) in [6.45, 7) is 0. The summed E-state index contributed by atoms with van der Waals surface area (Å²) < 4.78 is 31.2. The van der Waals surface area contributed by atoms with Gasteiger partial charge >= 0.3 is 0 Å². The second-order valence-corrected chi connectivity index (χ2v) is 9.22. The Morgan fingerprint density at radius 2 is 1.93 bits per heavy atom. The van der Waals surface area contributed by atoms with Crippen molar-refractivity contribution in [3.8, 4) is 11.5 Å². The zero-order valence-electron chi connectivity index (χ0n) is 14.9. The molecule has 2 heterocycles. The van der Waals surface area contributed by atoms with Gasteiger partial charge in [-0.3, -0.25) is 4.79 Å². The third-order valence-electron chi connectivity index (χ3n) is 4.70. The normalized spacial score (nSPS) is 16.3. The van der Waals surface area contributed by atoms with Gasteiger partial charge in [0.2, 0.25) is 15.7 Å². The monoisotopic (exact) mass is 415 g/mol. The Labute approximate surface area is 166 Å². The van der Waals surface area contributed by atoms with Crippen molar-refractivity contribution in [2.75, 3.05) is 12.4 Å². The van der Waals surface area contributed by atoms with Crippen molar-refractivity contribution < 1.29 is 23.1 Å². The molecule has 28 heavy (non-hydrogen) atoms. The van der Waals surface area contributed by atoms with Gasteiger partial charge in [0, 0.05) is 22.6 Å². The number of sulfone groups is 1.